The molecule has 7 heteroatoms. The minimum Gasteiger partial charge on any atom is -0.348 e. The van der Waals surface area contributed by atoms with Crippen LogP contribution < -0.4 is 4.90 Å². The van der Waals surface area contributed by atoms with Gasteiger partial charge in [0.15, 0.2) is 5.13 Å². The van der Waals surface area contributed by atoms with Gasteiger partial charge in [-0.3, -0.25) is 0 Å². The van der Waals surface area contributed by atoms with Crippen molar-refractivity contribution in [2.24, 2.45) is 5.92 Å². The molecule has 1 saturated carbocycles. The molecule has 0 amide bonds. The lowest BCUT2D eigenvalue weighted by Gasteiger charge is -2.33. The van der Waals surface area contributed by atoms with Crippen LogP contribution in [0.1, 0.15) is 25.7 Å². The van der Waals surface area contributed by atoms with Crippen molar-refractivity contribution in [1.29, 1.82) is 0 Å². The highest BCUT2D eigenvalue weighted by Gasteiger charge is 2.39. The van der Waals surface area contributed by atoms with E-state index < -0.39 is 10.0 Å². The minimum absolute atomic E-state index is 0.112. The van der Waals surface area contributed by atoms with Gasteiger partial charge in [0, 0.05) is 37.6 Å². The normalized spacial score (nSPS) is 19.2. The summed E-state index contributed by atoms with van der Waals surface area (Å²) in [5.74, 6) is 0.443. The summed E-state index contributed by atoms with van der Waals surface area (Å²) in [6.07, 6.45) is 3.70. The molecule has 4 rings (SSSR count). The van der Waals surface area contributed by atoms with Crippen LogP contribution >= 0.6 is 11.3 Å². The van der Waals surface area contributed by atoms with Crippen molar-refractivity contribution in [2.75, 3.05) is 31.6 Å². The third-order valence-electron chi connectivity index (χ3n) is 5.34. The second kappa shape index (κ2) is 7.29. The predicted octanol–water partition coefficient (Wildman–Crippen LogP) is 3.45. The zero-order valence-corrected chi connectivity index (χ0v) is 16.7. The smallest absolute Gasteiger partial charge is 0.216 e. The van der Waals surface area contributed by atoms with Gasteiger partial charge in [-0.2, -0.15) is 0 Å². The highest BCUT2D eigenvalue weighted by molar-refractivity contribution is 7.90. The summed E-state index contributed by atoms with van der Waals surface area (Å²) in [7, 11) is -1.31. The van der Waals surface area contributed by atoms with Crippen LogP contribution in [0.2, 0.25) is 0 Å². The highest BCUT2D eigenvalue weighted by Crippen LogP contribution is 2.33. The van der Waals surface area contributed by atoms with Gasteiger partial charge in [0.25, 0.3) is 0 Å². The molecule has 2 fully saturated rings. The molecule has 2 aromatic rings. The summed E-state index contributed by atoms with van der Waals surface area (Å²) < 4.78 is 26.2. The standard InChI is InChI=1S/C19H25N3O2S2/c1-21(26(23,24)17-7-8-17)13-15-9-11-22(12-10-15)19-20-18(14-25-19)16-5-3-2-4-6-16/h2-6,14-15,17H,7-13H2,1H3. The number of nitrogens with zero attached hydrogens (tertiary/aromatic N) is 3. The maximum atomic E-state index is 12.3. The number of rotatable bonds is 6. The molecule has 1 aromatic heterocycles. The fraction of sp³-hybridized carbons (Fsp3) is 0.526. The van der Waals surface area contributed by atoms with E-state index in [9.17, 15) is 8.42 Å². The topological polar surface area (TPSA) is 53.5 Å². The van der Waals surface area contributed by atoms with Crippen LogP contribution in [-0.4, -0.2) is 49.6 Å². The van der Waals surface area contributed by atoms with Crippen LogP contribution in [-0.2, 0) is 10.0 Å². The molecule has 2 heterocycles. The van der Waals surface area contributed by atoms with E-state index in [-0.39, 0.29) is 5.25 Å². The van der Waals surface area contributed by atoms with E-state index in [1.165, 1.54) is 0 Å². The fourth-order valence-electron chi connectivity index (χ4n) is 3.55. The van der Waals surface area contributed by atoms with E-state index in [0.29, 0.717) is 12.5 Å². The van der Waals surface area contributed by atoms with Crippen LogP contribution in [0.4, 0.5) is 5.13 Å². The molecular formula is C19H25N3O2S2. The molecule has 1 aromatic carbocycles. The lowest BCUT2D eigenvalue weighted by molar-refractivity contribution is 0.327. The molecule has 1 aliphatic carbocycles. The second-order valence-corrected chi connectivity index (χ2v) is 10.5. The Kier molecular flexibility index (Phi) is 5.03. The first kappa shape index (κ1) is 17.9. The largest absolute Gasteiger partial charge is 0.348 e. The monoisotopic (exact) mass is 391 g/mol. The molecule has 1 saturated heterocycles. The number of hydrogen-bond acceptors (Lipinski definition) is 5. The van der Waals surface area contributed by atoms with Gasteiger partial charge in [-0.05, 0) is 31.6 Å². The van der Waals surface area contributed by atoms with Crippen molar-refractivity contribution in [3.63, 3.8) is 0 Å². The molecule has 0 spiro atoms. The van der Waals surface area contributed by atoms with Crippen molar-refractivity contribution in [3.8, 4) is 11.3 Å². The zero-order chi connectivity index (χ0) is 18.1. The van der Waals surface area contributed by atoms with E-state index >= 15 is 0 Å². The molecule has 0 radical (unpaired) electrons. The molecule has 26 heavy (non-hydrogen) atoms. The maximum absolute atomic E-state index is 12.3. The van der Waals surface area contributed by atoms with Gasteiger partial charge in [-0.15, -0.1) is 11.3 Å². The minimum atomic E-state index is -3.05. The zero-order valence-electron chi connectivity index (χ0n) is 15.0. The number of benzene rings is 1. The molecule has 0 atom stereocenters. The van der Waals surface area contributed by atoms with Gasteiger partial charge in [0.2, 0.25) is 10.0 Å². The van der Waals surface area contributed by atoms with Gasteiger partial charge in [0.05, 0.1) is 10.9 Å². The summed E-state index contributed by atoms with van der Waals surface area (Å²) in [5.41, 5.74) is 2.18. The van der Waals surface area contributed by atoms with Gasteiger partial charge >= 0.3 is 0 Å². The number of thiazole rings is 1. The van der Waals surface area contributed by atoms with Crippen molar-refractivity contribution in [1.82, 2.24) is 9.29 Å². The van der Waals surface area contributed by atoms with Gasteiger partial charge in [-0.1, -0.05) is 30.3 Å². The van der Waals surface area contributed by atoms with E-state index in [2.05, 4.69) is 22.4 Å². The van der Waals surface area contributed by atoms with Crippen LogP contribution in [0.5, 0.6) is 0 Å². The quantitative estimate of drug-likeness (QED) is 0.757. The van der Waals surface area contributed by atoms with Crippen molar-refractivity contribution in [3.05, 3.63) is 35.7 Å². The third-order valence-corrected chi connectivity index (χ3v) is 8.58. The number of hydrogen-bond donors (Lipinski definition) is 0. The summed E-state index contributed by atoms with van der Waals surface area (Å²) in [4.78, 5) is 7.14. The molecule has 0 unspecified atom stereocenters. The molecule has 2 aliphatic rings. The van der Waals surface area contributed by atoms with Gasteiger partial charge in [0.1, 0.15) is 0 Å². The second-order valence-electron chi connectivity index (χ2n) is 7.34. The number of anilines is 1. The van der Waals surface area contributed by atoms with Crippen molar-refractivity contribution in [2.45, 2.75) is 30.9 Å². The summed E-state index contributed by atoms with van der Waals surface area (Å²) in [6, 6.07) is 10.3. The molecular weight excluding hydrogens is 366 g/mol. The molecule has 0 bridgehead atoms. The molecule has 0 N–H and O–H groups in total. The molecule has 1 aliphatic heterocycles. The van der Waals surface area contributed by atoms with Crippen LogP contribution in [0, 0.1) is 5.92 Å². The van der Waals surface area contributed by atoms with Crippen molar-refractivity contribution >= 4 is 26.5 Å². The summed E-state index contributed by atoms with van der Waals surface area (Å²) >= 11 is 1.69. The van der Waals surface area contributed by atoms with Crippen LogP contribution in [0.15, 0.2) is 35.7 Å². The van der Waals surface area contributed by atoms with E-state index in [0.717, 1.165) is 55.2 Å². The Morgan fingerprint density at radius 1 is 1.15 bits per heavy atom. The van der Waals surface area contributed by atoms with E-state index in [4.69, 9.17) is 4.98 Å². The Bertz CT molecular complexity index is 839. The SMILES string of the molecule is CN(CC1CCN(c2nc(-c3ccccc3)cs2)CC1)S(=O)(=O)C1CC1. The Labute approximate surface area is 159 Å². The highest BCUT2D eigenvalue weighted by atomic mass is 32.2. The van der Waals surface area contributed by atoms with Crippen LogP contribution in [0.3, 0.4) is 0 Å². The number of sulfonamides is 1. The lowest BCUT2D eigenvalue weighted by atomic mass is 9.97. The van der Waals surface area contributed by atoms with Gasteiger partial charge < -0.3 is 4.90 Å². The number of aromatic nitrogens is 1. The van der Waals surface area contributed by atoms with E-state index in [1.54, 1.807) is 22.7 Å². The predicted molar refractivity (Wildman–Crippen MR) is 107 cm³/mol. The first-order chi connectivity index (χ1) is 12.5. The Balaban J connectivity index is 1.33. The van der Waals surface area contributed by atoms with Gasteiger partial charge in [-0.25, -0.2) is 17.7 Å². The fourth-order valence-corrected chi connectivity index (χ4v) is 6.09. The Morgan fingerprint density at radius 2 is 1.85 bits per heavy atom. The Morgan fingerprint density at radius 3 is 2.50 bits per heavy atom. The summed E-state index contributed by atoms with van der Waals surface area (Å²) in [5, 5.41) is 3.08. The third kappa shape index (κ3) is 3.80. The molecule has 5 nitrogen and oxygen atoms in total. The number of piperidine rings is 1. The first-order valence-electron chi connectivity index (χ1n) is 9.25. The summed E-state index contributed by atoms with van der Waals surface area (Å²) in [6.45, 7) is 2.55. The lowest BCUT2D eigenvalue weighted by Crippen LogP contribution is -2.40. The van der Waals surface area contributed by atoms with E-state index in [1.807, 2.05) is 18.2 Å². The Hall–Kier alpha value is -1.44. The van der Waals surface area contributed by atoms with Crippen molar-refractivity contribution < 1.29 is 8.42 Å². The molecule has 140 valence electrons. The average molecular weight is 392 g/mol. The van der Waals surface area contributed by atoms with Crippen LogP contribution in [0.25, 0.3) is 11.3 Å². The maximum Gasteiger partial charge on any atom is 0.216 e. The first-order valence-corrected chi connectivity index (χ1v) is 11.6. The average Bonchev–Trinajstić information content (AvgIpc) is 3.41.